The Morgan fingerprint density at radius 2 is 1.71 bits per heavy atom. The fourth-order valence-corrected chi connectivity index (χ4v) is 3.14. The molecule has 1 aliphatic carbocycles. The van der Waals surface area contributed by atoms with Gasteiger partial charge in [0.05, 0.1) is 0 Å². The zero-order valence-corrected chi connectivity index (χ0v) is 11.2. The second kappa shape index (κ2) is 3.25. The summed E-state index contributed by atoms with van der Waals surface area (Å²) in [5.41, 5.74) is 1.72. The topological polar surface area (TPSA) is 0 Å². The van der Waals surface area contributed by atoms with Crippen LogP contribution in [-0.4, -0.2) is 0 Å². The normalized spacial score (nSPS) is 39.6. The maximum atomic E-state index is 2.50. The first kappa shape index (κ1) is 12.1. The predicted octanol–water partition coefficient (Wildman–Crippen LogP) is 4.89. The Kier molecular flexibility index (Phi) is 2.80. The molecule has 0 amide bonds. The second-order valence-electron chi connectivity index (χ2n) is 6.57. The van der Waals surface area contributed by atoms with Crippen molar-refractivity contribution in [2.45, 2.75) is 67.7 Å². The van der Waals surface area contributed by atoms with Crippen molar-refractivity contribution in [3.63, 3.8) is 0 Å². The summed E-state index contributed by atoms with van der Waals surface area (Å²) in [6.07, 6.45) is 4.07. The van der Waals surface area contributed by atoms with Crippen LogP contribution < -0.4 is 0 Å². The molecule has 0 aromatic rings. The highest BCUT2D eigenvalue weighted by Gasteiger charge is 2.63. The van der Waals surface area contributed by atoms with E-state index in [0.717, 1.165) is 5.92 Å². The van der Waals surface area contributed by atoms with E-state index in [1.807, 2.05) is 0 Å². The Hall–Kier alpha value is 0. The molecule has 0 aromatic heterocycles. The smallest absolute Gasteiger partial charge is 0.0236 e. The van der Waals surface area contributed by atoms with Gasteiger partial charge < -0.3 is 0 Å². The molecule has 1 rings (SSSR count). The van der Waals surface area contributed by atoms with Crippen molar-refractivity contribution in [2.75, 3.05) is 0 Å². The van der Waals surface area contributed by atoms with Crippen molar-refractivity contribution in [1.29, 1.82) is 0 Å². The van der Waals surface area contributed by atoms with Gasteiger partial charge in [-0.2, -0.15) is 0 Å². The van der Waals surface area contributed by atoms with Crippen molar-refractivity contribution in [1.82, 2.24) is 0 Å². The third-order valence-corrected chi connectivity index (χ3v) is 5.83. The van der Waals surface area contributed by atoms with E-state index in [-0.39, 0.29) is 0 Å². The van der Waals surface area contributed by atoms with Gasteiger partial charge >= 0.3 is 0 Å². The SMILES string of the molecule is CCC(C)(C)C(C)C1(C)CC1(C)CC. The standard InChI is InChI=1S/C14H28/c1-8-12(4,5)11(3)14(7)10-13(14,6)9-2/h11H,8-10H2,1-7H3. The van der Waals surface area contributed by atoms with Crippen molar-refractivity contribution in [3.8, 4) is 0 Å². The molecular weight excluding hydrogens is 168 g/mol. The highest BCUT2D eigenvalue weighted by atomic mass is 14.7. The van der Waals surface area contributed by atoms with Crippen molar-refractivity contribution in [3.05, 3.63) is 0 Å². The summed E-state index contributed by atoms with van der Waals surface area (Å²) in [4.78, 5) is 0. The Labute approximate surface area is 90.5 Å². The van der Waals surface area contributed by atoms with Crippen LogP contribution in [0.1, 0.15) is 67.7 Å². The van der Waals surface area contributed by atoms with Crippen molar-refractivity contribution in [2.24, 2.45) is 22.2 Å². The molecule has 0 heterocycles. The van der Waals surface area contributed by atoms with E-state index in [2.05, 4.69) is 48.5 Å². The van der Waals surface area contributed by atoms with Crippen LogP contribution in [0.2, 0.25) is 0 Å². The van der Waals surface area contributed by atoms with Crippen LogP contribution in [0.25, 0.3) is 0 Å². The van der Waals surface area contributed by atoms with Gasteiger partial charge in [-0.05, 0) is 28.6 Å². The lowest BCUT2D eigenvalue weighted by Crippen LogP contribution is -2.30. The van der Waals surface area contributed by atoms with Gasteiger partial charge in [0, 0.05) is 0 Å². The molecular formula is C14H28. The maximum Gasteiger partial charge on any atom is -0.0236 e. The molecule has 0 N–H and O–H groups in total. The number of hydrogen-bond acceptors (Lipinski definition) is 0. The summed E-state index contributed by atoms with van der Waals surface area (Å²) in [5.74, 6) is 0.838. The Bertz CT molecular complexity index is 216. The van der Waals surface area contributed by atoms with Gasteiger partial charge in [-0.3, -0.25) is 0 Å². The first-order valence-corrected chi connectivity index (χ1v) is 6.23. The van der Waals surface area contributed by atoms with E-state index in [9.17, 15) is 0 Å². The molecule has 3 atom stereocenters. The van der Waals surface area contributed by atoms with Gasteiger partial charge in [-0.1, -0.05) is 61.3 Å². The van der Waals surface area contributed by atoms with E-state index in [4.69, 9.17) is 0 Å². The lowest BCUT2D eigenvalue weighted by Gasteiger charge is -2.38. The van der Waals surface area contributed by atoms with Crippen LogP contribution in [0.15, 0.2) is 0 Å². The molecule has 0 radical (unpaired) electrons. The molecule has 0 aliphatic heterocycles. The Morgan fingerprint density at radius 3 is 2.00 bits per heavy atom. The molecule has 0 nitrogen and oxygen atoms in total. The predicted molar refractivity (Wildman–Crippen MR) is 64.4 cm³/mol. The summed E-state index contributed by atoms with van der Waals surface area (Å²) in [5, 5.41) is 0. The van der Waals surface area contributed by atoms with Gasteiger partial charge in [0.1, 0.15) is 0 Å². The molecule has 1 fully saturated rings. The zero-order chi connectivity index (χ0) is 11.2. The van der Waals surface area contributed by atoms with Crippen LogP contribution in [0, 0.1) is 22.2 Å². The lowest BCUT2D eigenvalue weighted by atomic mass is 9.67. The summed E-state index contributed by atoms with van der Waals surface area (Å²) in [6, 6.07) is 0. The minimum atomic E-state index is 0.502. The van der Waals surface area contributed by atoms with E-state index in [1.165, 1.54) is 19.3 Å². The third-order valence-electron chi connectivity index (χ3n) is 5.83. The van der Waals surface area contributed by atoms with Gasteiger partial charge in [-0.25, -0.2) is 0 Å². The first-order chi connectivity index (χ1) is 6.23. The summed E-state index contributed by atoms with van der Waals surface area (Å²) in [6.45, 7) is 17.0. The molecule has 0 bridgehead atoms. The van der Waals surface area contributed by atoms with Crippen LogP contribution >= 0.6 is 0 Å². The van der Waals surface area contributed by atoms with Crippen LogP contribution in [0.3, 0.4) is 0 Å². The molecule has 0 aromatic carbocycles. The largest absolute Gasteiger partial charge is 0.0649 e. The monoisotopic (exact) mass is 196 g/mol. The number of rotatable bonds is 4. The highest BCUT2D eigenvalue weighted by molar-refractivity contribution is 5.12. The van der Waals surface area contributed by atoms with Gasteiger partial charge in [-0.15, -0.1) is 0 Å². The fraction of sp³-hybridized carbons (Fsp3) is 1.00. The van der Waals surface area contributed by atoms with Crippen LogP contribution in [0.4, 0.5) is 0 Å². The van der Waals surface area contributed by atoms with Gasteiger partial charge in [0.25, 0.3) is 0 Å². The minimum Gasteiger partial charge on any atom is -0.0649 e. The fourth-order valence-electron chi connectivity index (χ4n) is 3.14. The zero-order valence-electron chi connectivity index (χ0n) is 11.2. The first-order valence-electron chi connectivity index (χ1n) is 6.23. The second-order valence-corrected chi connectivity index (χ2v) is 6.57. The molecule has 0 saturated heterocycles. The Morgan fingerprint density at radius 1 is 1.21 bits per heavy atom. The van der Waals surface area contributed by atoms with E-state index >= 15 is 0 Å². The molecule has 1 saturated carbocycles. The summed E-state index contributed by atoms with van der Waals surface area (Å²) < 4.78 is 0. The minimum absolute atomic E-state index is 0.502. The summed E-state index contributed by atoms with van der Waals surface area (Å²) in [7, 11) is 0. The average Bonchev–Trinajstić information content (AvgIpc) is 2.70. The third kappa shape index (κ3) is 1.51. The molecule has 0 spiro atoms. The number of hydrogen-bond donors (Lipinski definition) is 0. The van der Waals surface area contributed by atoms with Gasteiger partial charge in [0.2, 0.25) is 0 Å². The average molecular weight is 196 g/mol. The molecule has 84 valence electrons. The Balaban J connectivity index is 2.78. The van der Waals surface area contributed by atoms with Gasteiger partial charge in [0.15, 0.2) is 0 Å². The highest BCUT2D eigenvalue weighted by Crippen LogP contribution is 2.71. The summed E-state index contributed by atoms with van der Waals surface area (Å²) >= 11 is 0. The van der Waals surface area contributed by atoms with Crippen LogP contribution in [-0.2, 0) is 0 Å². The molecule has 3 unspecified atom stereocenters. The van der Waals surface area contributed by atoms with Crippen LogP contribution in [0.5, 0.6) is 0 Å². The molecule has 14 heavy (non-hydrogen) atoms. The van der Waals surface area contributed by atoms with E-state index < -0.39 is 0 Å². The lowest BCUT2D eigenvalue weighted by molar-refractivity contribution is 0.114. The van der Waals surface area contributed by atoms with E-state index in [0.29, 0.717) is 16.2 Å². The molecule has 1 aliphatic rings. The van der Waals surface area contributed by atoms with E-state index in [1.54, 1.807) is 0 Å². The quantitative estimate of drug-likeness (QED) is 0.601. The maximum absolute atomic E-state index is 2.50. The van der Waals surface area contributed by atoms with Crippen molar-refractivity contribution < 1.29 is 0 Å². The van der Waals surface area contributed by atoms with Crippen molar-refractivity contribution >= 4 is 0 Å². The molecule has 0 heteroatoms.